The first-order valence-electron chi connectivity index (χ1n) is 6.21. The van der Waals surface area contributed by atoms with Crippen molar-refractivity contribution in [3.8, 4) is 0 Å². The molecule has 2 aromatic heterocycles. The van der Waals surface area contributed by atoms with Gasteiger partial charge in [-0.3, -0.25) is 0 Å². The van der Waals surface area contributed by atoms with Crippen molar-refractivity contribution in [2.75, 3.05) is 7.11 Å². The van der Waals surface area contributed by atoms with Crippen LogP contribution in [-0.2, 0) is 17.6 Å². The topological polar surface area (TPSA) is 38.7 Å². The summed E-state index contributed by atoms with van der Waals surface area (Å²) in [6.45, 7) is 0. The summed E-state index contributed by atoms with van der Waals surface area (Å²) < 4.78 is 5.98. The summed E-state index contributed by atoms with van der Waals surface area (Å²) in [7, 11) is 1.42. The van der Waals surface area contributed by atoms with E-state index in [1.807, 2.05) is 18.3 Å². The van der Waals surface area contributed by atoms with Crippen LogP contribution in [-0.4, -0.2) is 19.3 Å². The highest BCUT2D eigenvalue weighted by Crippen LogP contribution is 2.41. The molecular weight excluding hydrogens is 358 g/mol. The van der Waals surface area contributed by atoms with Crippen molar-refractivity contribution in [3.05, 3.63) is 36.8 Å². The number of carbonyl (C=O) groups excluding carboxylic acids is 1. The average Bonchev–Trinajstić information content (AvgIpc) is 3.10. The molecule has 0 bridgehead atoms. The minimum atomic E-state index is -0.274. The number of carbonyl (C=O) groups is 1. The summed E-state index contributed by atoms with van der Waals surface area (Å²) in [4.78, 5) is 18.8. The van der Waals surface area contributed by atoms with Crippen LogP contribution in [0, 0.1) is 0 Å². The molecule has 0 amide bonds. The minimum Gasteiger partial charge on any atom is -0.465 e. The molecule has 0 radical (unpaired) electrons. The molecule has 3 rings (SSSR count). The molecule has 2 aromatic rings. The van der Waals surface area contributed by atoms with Gasteiger partial charge in [-0.1, -0.05) is 0 Å². The van der Waals surface area contributed by atoms with E-state index in [9.17, 15) is 4.79 Å². The van der Waals surface area contributed by atoms with Gasteiger partial charge in [0.1, 0.15) is 5.00 Å². The van der Waals surface area contributed by atoms with Gasteiger partial charge >= 0.3 is 5.97 Å². The molecule has 0 atom stereocenters. The molecule has 20 heavy (non-hydrogen) atoms. The predicted molar refractivity (Wildman–Crippen MR) is 87.0 cm³/mol. The fourth-order valence-corrected chi connectivity index (χ4v) is 4.83. The Kier molecular flexibility index (Phi) is 4.05. The molecule has 0 saturated heterocycles. The van der Waals surface area contributed by atoms with Crippen molar-refractivity contribution < 1.29 is 9.53 Å². The Bertz CT molecular complexity index is 687. The van der Waals surface area contributed by atoms with E-state index >= 15 is 0 Å². The van der Waals surface area contributed by atoms with Crippen LogP contribution >= 0.6 is 38.6 Å². The third-order valence-corrected chi connectivity index (χ3v) is 5.95. The molecular formula is C14H12BrNO2S2. The quantitative estimate of drug-likeness (QED) is 0.585. The van der Waals surface area contributed by atoms with Crippen molar-refractivity contribution in [1.29, 1.82) is 0 Å². The highest BCUT2D eigenvalue weighted by atomic mass is 79.9. The van der Waals surface area contributed by atoms with E-state index in [0.29, 0.717) is 5.56 Å². The summed E-state index contributed by atoms with van der Waals surface area (Å²) in [5.41, 5.74) is 1.80. The van der Waals surface area contributed by atoms with E-state index in [1.54, 1.807) is 22.7 Å². The number of methoxy groups -OCH3 is 1. The van der Waals surface area contributed by atoms with Gasteiger partial charge in [0, 0.05) is 16.0 Å². The van der Waals surface area contributed by atoms with Gasteiger partial charge in [0.15, 0.2) is 0 Å². The Balaban J connectivity index is 1.97. The number of halogens is 1. The number of aliphatic imine (C=N–C) groups is 1. The van der Waals surface area contributed by atoms with Crippen LogP contribution in [0.5, 0.6) is 0 Å². The predicted octanol–water partition coefficient (Wildman–Crippen LogP) is 4.60. The number of hydrogen-bond donors (Lipinski definition) is 0. The number of thiophene rings is 2. The molecule has 0 unspecified atom stereocenters. The Morgan fingerprint density at radius 3 is 2.95 bits per heavy atom. The summed E-state index contributed by atoms with van der Waals surface area (Å²) in [6.07, 6.45) is 4.93. The molecule has 2 heterocycles. The lowest BCUT2D eigenvalue weighted by atomic mass is 10.1. The second-order valence-corrected chi connectivity index (χ2v) is 8.01. The fraction of sp³-hybridized carbons (Fsp3) is 0.286. The molecule has 0 spiro atoms. The van der Waals surface area contributed by atoms with Gasteiger partial charge in [0.25, 0.3) is 0 Å². The number of hydrogen-bond acceptors (Lipinski definition) is 5. The maximum atomic E-state index is 12.0. The fourth-order valence-electron chi connectivity index (χ4n) is 2.31. The molecule has 6 heteroatoms. The van der Waals surface area contributed by atoms with Crippen LogP contribution < -0.4 is 0 Å². The van der Waals surface area contributed by atoms with E-state index in [1.165, 1.54) is 12.0 Å². The smallest absolute Gasteiger partial charge is 0.341 e. The number of aryl methyl sites for hydroxylation is 1. The lowest BCUT2D eigenvalue weighted by molar-refractivity contribution is 0.0601. The van der Waals surface area contributed by atoms with Crippen molar-refractivity contribution in [1.82, 2.24) is 0 Å². The maximum absolute atomic E-state index is 12.0. The summed E-state index contributed by atoms with van der Waals surface area (Å²) in [6, 6.07) is 3.99. The molecule has 0 aromatic carbocycles. The summed E-state index contributed by atoms with van der Waals surface area (Å²) >= 11 is 6.65. The Morgan fingerprint density at radius 2 is 2.25 bits per heavy atom. The molecule has 1 aliphatic rings. The lowest BCUT2D eigenvalue weighted by Crippen LogP contribution is -2.02. The van der Waals surface area contributed by atoms with Crippen LogP contribution in [0.4, 0.5) is 5.00 Å². The maximum Gasteiger partial charge on any atom is 0.341 e. The Labute approximate surface area is 133 Å². The van der Waals surface area contributed by atoms with Gasteiger partial charge < -0.3 is 4.74 Å². The molecule has 1 aliphatic carbocycles. The first-order valence-corrected chi connectivity index (χ1v) is 8.64. The van der Waals surface area contributed by atoms with Gasteiger partial charge in [0.05, 0.1) is 16.5 Å². The zero-order valence-corrected chi connectivity index (χ0v) is 14.0. The molecule has 0 saturated carbocycles. The first kappa shape index (κ1) is 14.0. The monoisotopic (exact) mass is 369 g/mol. The van der Waals surface area contributed by atoms with E-state index in [4.69, 9.17) is 4.74 Å². The van der Waals surface area contributed by atoms with Crippen molar-refractivity contribution in [2.24, 2.45) is 4.99 Å². The van der Waals surface area contributed by atoms with Gasteiger partial charge in [-0.15, -0.1) is 22.7 Å². The zero-order chi connectivity index (χ0) is 14.1. The molecule has 0 aliphatic heterocycles. The van der Waals surface area contributed by atoms with Crippen LogP contribution in [0.2, 0.25) is 0 Å². The van der Waals surface area contributed by atoms with E-state index in [0.717, 1.165) is 38.5 Å². The van der Waals surface area contributed by atoms with E-state index in [-0.39, 0.29) is 5.97 Å². The molecule has 0 fully saturated rings. The van der Waals surface area contributed by atoms with Crippen LogP contribution in [0.3, 0.4) is 0 Å². The second kappa shape index (κ2) is 5.79. The van der Waals surface area contributed by atoms with Crippen LogP contribution in [0.15, 0.2) is 20.9 Å². The van der Waals surface area contributed by atoms with Gasteiger partial charge in [-0.05, 0) is 52.9 Å². The largest absolute Gasteiger partial charge is 0.465 e. The number of esters is 1. The van der Waals surface area contributed by atoms with Crippen molar-refractivity contribution >= 4 is 55.8 Å². The number of rotatable bonds is 3. The molecule has 0 N–H and O–H groups in total. The number of ether oxygens (including phenoxy) is 1. The van der Waals surface area contributed by atoms with Crippen molar-refractivity contribution in [2.45, 2.75) is 19.3 Å². The summed E-state index contributed by atoms with van der Waals surface area (Å²) in [5, 5.41) is 0.770. The van der Waals surface area contributed by atoms with Crippen LogP contribution in [0.25, 0.3) is 0 Å². The number of fused-ring (bicyclic) bond motifs is 1. The Hall–Kier alpha value is -0.980. The molecule has 3 nitrogen and oxygen atoms in total. The zero-order valence-electron chi connectivity index (χ0n) is 10.8. The lowest BCUT2D eigenvalue weighted by Gasteiger charge is -2.00. The standard InChI is InChI=1S/C14H12BrNO2S2/c1-18-14(17)12-9-3-2-4-10(9)20-13(12)16-7-8-5-6-11(15)19-8/h5-7H,2-4H2,1H3. The van der Waals surface area contributed by atoms with Crippen molar-refractivity contribution in [3.63, 3.8) is 0 Å². The second-order valence-electron chi connectivity index (χ2n) is 4.43. The molecule has 104 valence electrons. The third-order valence-electron chi connectivity index (χ3n) is 3.20. The Morgan fingerprint density at radius 1 is 1.40 bits per heavy atom. The summed E-state index contributed by atoms with van der Waals surface area (Å²) in [5.74, 6) is -0.274. The first-order chi connectivity index (χ1) is 9.69. The third kappa shape index (κ3) is 2.60. The number of nitrogens with zero attached hydrogens (tertiary/aromatic N) is 1. The average molecular weight is 370 g/mol. The highest BCUT2D eigenvalue weighted by molar-refractivity contribution is 9.11. The van der Waals surface area contributed by atoms with Gasteiger partial charge in [-0.25, -0.2) is 9.79 Å². The van der Waals surface area contributed by atoms with Gasteiger partial charge in [-0.2, -0.15) is 0 Å². The normalized spacial score (nSPS) is 13.9. The highest BCUT2D eigenvalue weighted by Gasteiger charge is 2.26. The van der Waals surface area contributed by atoms with E-state index < -0.39 is 0 Å². The van der Waals surface area contributed by atoms with E-state index in [2.05, 4.69) is 20.9 Å². The minimum absolute atomic E-state index is 0.274. The van der Waals surface area contributed by atoms with Gasteiger partial charge in [0.2, 0.25) is 0 Å². The SMILES string of the molecule is COC(=O)c1c(N=Cc2ccc(Br)s2)sc2c1CCC2. The van der Waals surface area contributed by atoms with Crippen LogP contribution in [0.1, 0.15) is 32.1 Å².